The highest BCUT2D eigenvalue weighted by molar-refractivity contribution is 7.25. The molecule has 3 heterocycles. The zero-order valence-corrected chi connectivity index (χ0v) is 13.4. The van der Waals surface area contributed by atoms with E-state index in [-0.39, 0.29) is 12.6 Å². The maximum atomic E-state index is 9.06. The summed E-state index contributed by atoms with van der Waals surface area (Å²) in [6.45, 7) is 0.545. The van der Waals surface area contributed by atoms with Crippen molar-refractivity contribution < 1.29 is 9.52 Å². The van der Waals surface area contributed by atoms with E-state index in [9.17, 15) is 0 Å². The second kappa shape index (κ2) is 6.33. The van der Waals surface area contributed by atoms with E-state index in [1.165, 1.54) is 11.5 Å². The molecule has 0 unspecified atom stereocenters. The number of halogens is 1. The lowest BCUT2D eigenvalue weighted by molar-refractivity contribution is 0.266. The predicted octanol–water partition coefficient (Wildman–Crippen LogP) is 3.08. The van der Waals surface area contributed by atoms with Gasteiger partial charge in [-0.05, 0) is 23.7 Å². The predicted molar refractivity (Wildman–Crippen MR) is 87.3 cm³/mol. The van der Waals surface area contributed by atoms with Gasteiger partial charge in [-0.15, -0.1) is 11.3 Å². The molecule has 0 radical (unpaired) electrons. The van der Waals surface area contributed by atoms with Crippen molar-refractivity contribution in [1.29, 1.82) is 0 Å². The third-order valence-corrected chi connectivity index (χ3v) is 5.68. The van der Waals surface area contributed by atoms with E-state index in [0.717, 1.165) is 25.9 Å². The maximum Gasteiger partial charge on any atom is 0.127 e. The number of fused-ring (bicyclic) bond motifs is 1. The highest BCUT2D eigenvalue weighted by Crippen LogP contribution is 2.41. The van der Waals surface area contributed by atoms with Crippen LogP contribution in [-0.2, 0) is 13.0 Å². The molecule has 0 aliphatic carbocycles. The summed E-state index contributed by atoms with van der Waals surface area (Å²) in [5.41, 5.74) is 6.58. The monoisotopic (exact) mass is 343 g/mol. The Balaban J connectivity index is 1.82. The molecule has 3 aromatic heterocycles. The molecule has 3 aromatic rings. The number of thiophene rings is 1. The van der Waals surface area contributed by atoms with E-state index in [1.807, 2.05) is 12.1 Å². The molecule has 0 saturated carbocycles. The fraction of sp³-hybridized carbons (Fsp3) is 0.308. The van der Waals surface area contributed by atoms with E-state index in [1.54, 1.807) is 17.6 Å². The van der Waals surface area contributed by atoms with Crippen LogP contribution in [0.3, 0.4) is 0 Å². The normalized spacial score (nSPS) is 12.9. The number of furan rings is 1. The molecule has 0 spiro atoms. The first-order valence-electron chi connectivity index (χ1n) is 6.38. The topological polar surface area (TPSA) is 84.3 Å². The van der Waals surface area contributed by atoms with Crippen molar-refractivity contribution in [2.75, 3.05) is 11.9 Å². The molecule has 0 aromatic carbocycles. The van der Waals surface area contributed by atoms with Gasteiger partial charge in [0.15, 0.2) is 0 Å². The minimum atomic E-state index is -0.298. The fourth-order valence-electron chi connectivity index (χ4n) is 1.94. The summed E-state index contributed by atoms with van der Waals surface area (Å²) in [6.07, 6.45) is 2.20. The summed E-state index contributed by atoms with van der Waals surface area (Å²) in [7, 11) is 0. The number of aromatic nitrogens is 1. The van der Waals surface area contributed by atoms with E-state index >= 15 is 0 Å². The molecule has 21 heavy (non-hydrogen) atoms. The Kier molecular flexibility index (Phi) is 4.46. The molecule has 0 bridgehead atoms. The molecule has 0 aliphatic heterocycles. The average Bonchev–Trinajstić information content (AvgIpc) is 3.17. The van der Waals surface area contributed by atoms with Gasteiger partial charge in [-0.3, -0.25) is 0 Å². The zero-order valence-electron chi connectivity index (χ0n) is 11.0. The molecular weight excluding hydrogens is 330 g/mol. The first kappa shape index (κ1) is 14.8. The lowest BCUT2D eigenvalue weighted by atomic mass is 10.2. The van der Waals surface area contributed by atoms with Crippen LogP contribution >= 0.6 is 34.5 Å². The van der Waals surface area contributed by atoms with Crippen LogP contribution in [0.4, 0.5) is 5.00 Å². The zero-order chi connectivity index (χ0) is 14.8. The van der Waals surface area contributed by atoms with Gasteiger partial charge < -0.3 is 20.6 Å². The minimum Gasteiger partial charge on any atom is -0.467 e. The Morgan fingerprint density at radius 2 is 2.38 bits per heavy atom. The van der Waals surface area contributed by atoms with Crippen molar-refractivity contribution in [1.82, 2.24) is 4.37 Å². The van der Waals surface area contributed by atoms with E-state index in [0.29, 0.717) is 18.0 Å². The number of anilines is 1. The van der Waals surface area contributed by atoms with Crippen LogP contribution in [0, 0.1) is 0 Å². The van der Waals surface area contributed by atoms with Gasteiger partial charge >= 0.3 is 0 Å². The maximum absolute atomic E-state index is 9.06. The fourth-order valence-corrected chi connectivity index (χ4v) is 4.49. The average molecular weight is 344 g/mol. The number of aliphatic hydroxyl groups excluding tert-OH is 1. The van der Waals surface area contributed by atoms with Crippen LogP contribution in [0.25, 0.3) is 10.2 Å². The van der Waals surface area contributed by atoms with Crippen LogP contribution < -0.4 is 11.1 Å². The third-order valence-electron chi connectivity index (χ3n) is 3.01. The Morgan fingerprint density at radius 1 is 1.52 bits per heavy atom. The van der Waals surface area contributed by atoms with E-state index in [4.69, 9.17) is 26.9 Å². The minimum absolute atomic E-state index is 0.0574. The second-order valence-electron chi connectivity index (χ2n) is 4.61. The number of hydrogen-bond donors (Lipinski definition) is 3. The molecule has 0 fully saturated rings. The summed E-state index contributed by atoms with van der Waals surface area (Å²) in [4.78, 5) is 0.963. The van der Waals surface area contributed by atoms with E-state index in [2.05, 4.69) is 9.69 Å². The Hall–Kier alpha value is -1.12. The van der Waals surface area contributed by atoms with Gasteiger partial charge in [-0.1, -0.05) is 11.6 Å². The van der Waals surface area contributed by atoms with Gasteiger partial charge in [0.2, 0.25) is 0 Å². The summed E-state index contributed by atoms with van der Waals surface area (Å²) in [6, 6.07) is 3.47. The van der Waals surface area contributed by atoms with Crippen LogP contribution in [0.5, 0.6) is 0 Å². The highest BCUT2D eigenvalue weighted by Gasteiger charge is 2.18. The molecule has 0 aliphatic rings. The number of rotatable bonds is 6. The van der Waals surface area contributed by atoms with Gasteiger partial charge in [0.25, 0.3) is 0 Å². The molecule has 5 nitrogen and oxygen atoms in total. The summed E-state index contributed by atoms with van der Waals surface area (Å²) in [5.74, 6) is 0.863. The smallest absolute Gasteiger partial charge is 0.127 e. The molecule has 1 atom stereocenters. The van der Waals surface area contributed by atoms with Crippen molar-refractivity contribution in [3.63, 3.8) is 0 Å². The molecule has 0 amide bonds. The standard InChI is InChI=1S/C13H14ClN3O2S2/c14-10-9(4-7(15)6-18)20-12-11(10)17-21-13(12)16-5-8-2-1-3-19-8/h1-3,7,16,18H,4-6,15H2/t7-/m1/s1. The van der Waals surface area contributed by atoms with Crippen LogP contribution in [0.15, 0.2) is 22.8 Å². The Morgan fingerprint density at radius 3 is 3.10 bits per heavy atom. The molecule has 4 N–H and O–H groups in total. The lowest BCUT2D eigenvalue weighted by Crippen LogP contribution is -2.26. The van der Waals surface area contributed by atoms with Gasteiger partial charge in [-0.2, -0.15) is 4.37 Å². The Bertz CT molecular complexity index is 723. The highest BCUT2D eigenvalue weighted by atomic mass is 35.5. The number of nitrogens with one attached hydrogen (secondary N) is 1. The summed E-state index contributed by atoms with van der Waals surface area (Å²) < 4.78 is 10.7. The summed E-state index contributed by atoms with van der Waals surface area (Å²) in [5, 5.41) is 14.0. The first-order valence-corrected chi connectivity index (χ1v) is 8.35. The largest absolute Gasteiger partial charge is 0.467 e. The molecule has 3 rings (SSSR count). The number of nitrogens with two attached hydrogens (primary N) is 1. The second-order valence-corrected chi connectivity index (χ2v) is 6.86. The van der Waals surface area contributed by atoms with Crippen molar-refractivity contribution >= 4 is 49.7 Å². The third kappa shape index (κ3) is 3.07. The van der Waals surface area contributed by atoms with Gasteiger partial charge in [-0.25, -0.2) is 0 Å². The number of hydrogen-bond acceptors (Lipinski definition) is 7. The van der Waals surface area contributed by atoms with Gasteiger partial charge in [0.1, 0.15) is 16.3 Å². The van der Waals surface area contributed by atoms with Crippen molar-refractivity contribution in [2.45, 2.75) is 19.0 Å². The quantitative estimate of drug-likeness (QED) is 0.640. The molecule has 8 heteroatoms. The number of nitrogens with zero attached hydrogens (tertiary/aromatic N) is 1. The van der Waals surface area contributed by atoms with Crippen molar-refractivity contribution in [3.05, 3.63) is 34.1 Å². The van der Waals surface area contributed by atoms with Crippen LogP contribution in [0.2, 0.25) is 5.02 Å². The summed E-state index contributed by atoms with van der Waals surface area (Å²) >= 11 is 9.29. The van der Waals surface area contributed by atoms with E-state index < -0.39 is 0 Å². The number of aliphatic hydroxyl groups is 1. The molecule has 112 valence electrons. The molecule has 0 saturated heterocycles. The van der Waals surface area contributed by atoms with Gasteiger partial charge in [0.05, 0.1) is 29.1 Å². The van der Waals surface area contributed by atoms with Crippen molar-refractivity contribution in [3.8, 4) is 0 Å². The Labute approximate surface area is 134 Å². The first-order chi connectivity index (χ1) is 10.2. The van der Waals surface area contributed by atoms with Crippen molar-refractivity contribution in [2.24, 2.45) is 5.73 Å². The van der Waals surface area contributed by atoms with Crippen LogP contribution in [0.1, 0.15) is 10.6 Å². The SMILES string of the molecule is N[C@@H](CO)Cc1sc2c(NCc3ccco3)snc2c1Cl. The molecular formula is C13H14ClN3O2S2. The lowest BCUT2D eigenvalue weighted by Gasteiger charge is -2.05. The van der Waals surface area contributed by atoms with Crippen LogP contribution in [-0.4, -0.2) is 22.1 Å². The van der Waals surface area contributed by atoms with Gasteiger partial charge in [0, 0.05) is 17.3 Å².